The Labute approximate surface area is 203 Å². The monoisotopic (exact) mass is 489 g/mol. The van der Waals surface area contributed by atoms with Gasteiger partial charge in [-0.2, -0.15) is 18.4 Å². The molecule has 3 aromatic carbocycles. The molecule has 0 unspecified atom stereocenters. The maximum absolute atomic E-state index is 13.0. The molecule has 0 aliphatic rings. The zero-order chi connectivity index (χ0) is 25.9. The number of Topliss-reactive ketones (excluding diaryl/α,β-unsaturated/α-hetero) is 1. The number of nitrogens with zero attached hydrogens (tertiary/aromatic N) is 2. The smallest absolute Gasteiger partial charge is 0.417 e. The van der Waals surface area contributed by atoms with Crippen molar-refractivity contribution >= 4 is 22.6 Å². The van der Waals surface area contributed by atoms with Crippen molar-refractivity contribution in [1.29, 1.82) is 5.26 Å². The summed E-state index contributed by atoms with van der Waals surface area (Å²) in [5.41, 5.74) is 0.0309. The predicted octanol–water partition coefficient (Wildman–Crippen LogP) is 5.80. The average molecular weight is 489 g/mol. The summed E-state index contributed by atoms with van der Waals surface area (Å²) in [6.45, 7) is 3.68. The maximum Gasteiger partial charge on any atom is 0.417 e. The lowest BCUT2D eigenvalue weighted by atomic mass is 10.1. The Morgan fingerprint density at radius 3 is 2.42 bits per heavy atom. The van der Waals surface area contributed by atoms with E-state index < -0.39 is 29.0 Å². The first-order chi connectivity index (χ1) is 17.2. The van der Waals surface area contributed by atoms with Crippen molar-refractivity contribution in [2.45, 2.75) is 6.18 Å². The van der Waals surface area contributed by atoms with Crippen LogP contribution in [0.1, 0.15) is 21.5 Å². The second-order valence-electron chi connectivity index (χ2n) is 7.67. The van der Waals surface area contributed by atoms with Crippen molar-refractivity contribution < 1.29 is 27.5 Å². The van der Waals surface area contributed by atoms with Gasteiger partial charge in [0.2, 0.25) is 0 Å². The number of benzene rings is 3. The van der Waals surface area contributed by atoms with Crippen LogP contribution >= 0.6 is 0 Å². The van der Waals surface area contributed by atoms with E-state index in [0.717, 1.165) is 18.2 Å². The van der Waals surface area contributed by atoms with E-state index in [-0.39, 0.29) is 17.9 Å². The molecule has 36 heavy (non-hydrogen) atoms. The molecule has 0 aliphatic heterocycles. The van der Waals surface area contributed by atoms with Gasteiger partial charge in [0.25, 0.3) is 11.7 Å². The van der Waals surface area contributed by atoms with Gasteiger partial charge in [-0.1, -0.05) is 24.3 Å². The number of ketones is 1. The molecule has 0 saturated carbocycles. The molecule has 9 heteroatoms. The molecular formula is C27H18F3N3O3. The van der Waals surface area contributed by atoms with Crippen LogP contribution < -0.4 is 10.1 Å². The Morgan fingerprint density at radius 1 is 1.06 bits per heavy atom. The summed E-state index contributed by atoms with van der Waals surface area (Å²) in [5, 5.41) is 12.2. The summed E-state index contributed by atoms with van der Waals surface area (Å²) in [4.78, 5) is 24.9. The molecule has 0 aliphatic carbocycles. The topological polar surface area (TPSA) is 84.1 Å². The third kappa shape index (κ3) is 4.83. The minimum Gasteiger partial charge on any atom is -0.457 e. The van der Waals surface area contributed by atoms with Crippen molar-refractivity contribution in [3.05, 3.63) is 102 Å². The summed E-state index contributed by atoms with van der Waals surface area (Å²) >= 11 is 0. The number of halogens is 3. The Balaban J connectivity index is 1.62. The SMILES string of the molecule is C=CCNC(=O)C(=O)c1cn(-c2ccc(Oc3ccc(C(F)(F)F)c(C#N)c3)cc2)c2ccccc12. The van der Waals surface area contributed by atoms with Crippen LogP contribution in [-0.4, -0.2) is 22.8 Å². The first kappa shape index (κ1) is 24.3. The lowest BCUT2D eigenvalue weighted by Gasteiger charge is -2.12. The van der Waals surface area contributed by atoms with Crippen LogP contribution in [-0.2, 0) is 11.0 Å². The van der Waals surface area contributed by atoms with Gasteiger partial charge in [-0.05, 0) is 48.5 Å². The van der Waals surface area contributed by atoms with Gasteiger partial charge in [-0.15, -0.1) is 6.58 Å². The van der Waals surface area contributed by atoms with Gasteiger partial charge in [0, 0.05) is 23.8 Å². The highest BCUT2D eigenvalue weighted by Crippen LogP contribution is 2.35. The standard InChI is InChI=1S/C27H18F3N3O3/c1-2-13-32-26(35)25(34)22-16-33(24-6-4-3-5-21(22)24)18-7-9-19(10-8-18)36-20-11-12-23(27(28,29)30)17(14-20)15-31/h2-12,14,16H,1,13H2,(H,32,35). The van der Waals surface area contributed by atoms with Crippen LogP contribution in [0.25, 0.3) is 16.6 Å². The fraction of sp³-hybridized carbons (Fsp3) is 0.0741. The van der Waals surface area contributed by atoms with Crippen LogP contribution in [0, 0.1) is 11.3 Å². The molecule has 180 valence electrons. The molecule has 0 bridgehead atoms. The number of rotatable bonds is 7. The largest absolute Gasteiger partial charge is 0.457 e. The van der Waals surface area contributed by atoms with E-state index >= 15 is 0 Å². The molecular weight excluding hydrogens is 471 g/mol. The van der Waals surface area contributed by atoms with Crippen molar-refractivity contribution in [2.75, 3.05) is 6.54 Å². The second-order valence-corrected chi connectivity index (χ2v) is 7.67. The number of alkyl halides is 3. The van der Waals surface area contributed by atoms with E-state index in [0.29, 0.717) is 22.3 Å². The van der Waals surface area contributed by atoms with Crippen molar-refractivity contribution in [1.82, 2.24) is 9.88 Å². The number of nitrogens with one attached hydrogen (secondary N) is 1. The maximum atomic E-state index is 13.0. The molecule has 0 saturated heterocycles. The van der Waals surface area contributed by atoms with E-state index in [1.807, 2.05) is 6.07 Å². The fourth-order valence-corrected chi connectivity index (χ4v) is 3.68. The minimum absolute atomic E-state index is 0.0807. The van der Waals surface area contributed by atoms with Gasteiger partial charge < -0.3 is 14.6 Å². The fourth-order valence-electron chi connectivity index (χ4n) is 3.68. The lowest BCUT2D eigenvalue weighted by Crippen LogP contribution is -2.30. The van der Waals surface area contributed by atoms with E-state index in [1.165, 1.54) is 6.08 Å². The van der Waals surface area contributed by atoms with Crippen LogP contribution in [0.4, 0.5) is 13.2 Å². The quantitative estimate of drug-likeness (QED) is 0.202. The molecule has 1 N–H and O–H groups in total. The van der Waals surface area contributed by atoms with Crippen LogP contribution in [0.3, 0.4) is 0 Å². The van der Waals surface area contributed by atoms with E-state index in [1.54, 1.807) is 59.3 Å². The normalized spacial score (nSPS) is 11.1. The summed E-state index contributed by atoms with van der Waals surface area (Å²) < 4.78 is 46.4. The lowest BCUT2D eigenvalue weighted by molar-refractivity contribution is -0.137. The summed E-state index contributed by atoms with van der Waals surface area (Å²) in [7, 11) is 0. The third-order valence-corrected chi connectivity index (χ3v) is 5.34. The first-order valence-electron chi connectivity index (χ1n) is 10.7. The number of carbonyl (C=O) groups is 2. The summed E-state index contributed by atoms with van der Waals surface area (Å²) in [5.74, 6) is -1.01. The van der Waals surface area contributed by atoms with Crippen molar-refractivity contribution in [2.24, 2.45) is 0 Å². The zero-order valence-electron chi connectivity index (χ0n) is 18.7. The number of hydrogen-bond acceptors (Lipinski definition) is 4. The number of para-hydroxylation sites is 1. The number of fused-ring (bicyclic) bond motifs is 1. The molecule has 4 aromatic rings. The molecule has 4 rings (SSSR count). The van der Waals surface area contributed by atoms with Gasteiger partial charge in [0.15, 0.2) is 0 Å². The third-order valence-electron chi connectivity index (χ3n) is 5.34. The highest BCUT2D eigenvalue weighted by Gasteiger charge is 2.33. The number of nitriles is 1. The number of hydrogen-bond donors (Lipinski definition) is 1. The van der Waals surface area contributed by atoms with Crippen molar-refractivity contribution in [3.63, 3.8) is 0 Å². The summed E-state index contributed by atoms with van der Waals surface area (Å²) in [6, 6.07) is 18.3. The van der Waals surface area contributed by atoms with Crippen molar-refractivity contribution in [3.8, 4) is 23.3 Å². The average Bonchev–Trinajstić information content (AvgIpc) is 3.26. The highest BCUT2D eigenvalue weighted by molar-refractivity contribution is 6.45. The Kier molecular flexibility index (Phi) is 6.61. The Hall–Kier alpha value is -4.84. The van der Waals surface area contributed by atoms with Crippen LogP contribution in [0.2, 0.25) is 0 Å². The Bertz CT molecular complexity index is 1510. The molecule has 0 atom stereocenters. The number of ether oxygens (including phenoxy) is 1. The molecule has 0 spiro atoms. The molecule has 0 fully saturated rings. The van der Waals surface area contributed by atoms with Crippen LogP contribution in [0.5, 0.6) is 11.5 Å². The summed E-state index contributed by atoms with van der Waals surface area (Å²) in [6.07, 6.45) is -1.59. The van der Waals surface area contributed by atoms with E-state index in [4.69, 9.17) is 10.00 Å². The Morgan fingerprint density at radius 2 is 1.75 bits per heavy atom. The predicted molar refractivity (Wildman–Crippen MR) is 127 cm³/mol. The van der Waals surface area contributed by atoms with E-state index in [9.17, 15) is 22.8 Å². The zero-order valence-corrected chi connectivity index (χ0v) is 18.7. The molecule has 1 amide bonds. The number of aromatic nitrogens is 1. The minimum atomic E-state index is -4.64. The van der Waals surface area contributed by atoms with Gasteiger partial charge >= 0.3 is 6.18 Å². The molecule has 1 heterocycles. The molecule has 1 aromatic heterocycles. The van der Waals surface area contributed by atoms with E-state index in [2.05, 4.69) is 11.9 Å². The number of carbonyl (C=O) groups excluding carboxylic acids is 2. The molecule has 6 nitrogen and oxygen atoms in total. The number of amides is 1. The van der Waals surface area contributed by atoms with Crippen LogP contribution in [0.15, 0.2) is 85.6 Å². The van der Waals surface area contributed by atoms with Gasteiger partial charge in [0.05, 0.1) is 28.3 Å². The van der Waals surface area contributed by atoms with Gasteiger partial charge in [0.1, 0.15) is 11.5 Å². The molecule has 0 radical (unpaired) electrons. The van der Waals surface area contributed by atoms with Gasteiger partial charge in [-0.25, -0.2) is 0 Å². The highest BCUT2D eigenvalue weighted by atomic mass is 19.4. The van der Waals surface area contributed by atoms with Gasteiger partial charge in [-0.3, -0.25) is 9.59 Å². The first-order valence-corrected chi connectivity index (χ1v) is 10.7. The second kappa shape index (κ2) is 9.80.